The molecule has 0 spiro atoms. The Morgan fingerprint density at radius 3 is 2.83 bits per heavy atom. The van der Waals surface area contributed by atoms with Crippen molar-refractivity contribution in [2.24, 2.45) is 0 Å². The van der Waals surface area contributed by atoms with Gasteiger partial charge in [-0.3, -0.25) is 19.5 Å². The van der Waals surface area contributed by atoms with Gasteiger partial charge < -0.3 is 4.74 Å². The van der Waals surface area contributed by atoms with Crippen molar-refractivity contribution in [2.45, 2.75) is 19.9 Å². The van der Waals surface area contributed by atoms with E-state index in [4.69, 9.17) is 4.74 Å². The van der Waals surface area contributed by atoms with Crippen molar-refractivity contribution >= 4 is 11.8 Å². The zero-order valence-electron chi connectivity index (χ0n) is 10.8. The van der Waals surface area contributed by atoms with Crippen molar-refractivity contribution in [3.63, 3.8) is 0 Å². The number of ether oxygens (including phenoxy) is 1. The van der Waals surface area contributed by atoms with Crippen LogP contribution in [0.2, 0.25) is 0 Å². The molecule has 0 N–H and O–H groups in total. The summed E-state index contributed by atoms with van der Waals surface area (Å²) >= 11 is 0. The van der Waals surface area contributed by atoms with E-state index in [1.54, 1.807) is 19.3 Å². The normalized spacial score (nSPS) is 10.4. The summed E-state index contributed by atoms with van der Waals surface area (Å²) in [5.74, 6) is -0.600. The number of hydrogen-bond acceptors (Lipinski definition) is 5. The maximum absolute atomic E-state index is 11.6. The number of aromatic nitrogens is 1. The molecule has 98 valence electrons. The largest absolute Gasteiger partial charge is 0.466 e. The van der Waals surface area contributed by atoms with Gasteiger partial charge in [-0.25, -0.2) is 0 Å². The second-order valence-corrected chi connectivity index (χ2v) is 4.05. The molecule has 0 saturated carbocycles. The third-order valence-electron chi connectivity index (χ3n) is 2.27. The van der Waals surface area contributed by atoms with Crippen LogP contribution in [0.3, 0.4) is 0 Å². The van der Waals surface area contributed by atoms with Crippen molar-refractivity contribution in [2.75, 3.05) is 20.2 Å². The SMILES string of the molecule is CCOC(=O)CC(=O)CN(C)Cc1cccnc1. The van der Waals surface area contributed by atoms with Crippen LogP contribution in [0.15, 0.2) is 24.5 Å². The van der Waals surface area contributed by atoms with Crippen LogP contribution >= 0.6 is 0 Å². The van der Waals surface area contributed by atoms with Crippen molar-refractivity contribution in [3.8, 4) is 0 Å². The summed E-state index contributed by atoms with van der Waals surface area (Å²) in [6, 6.07) is 3.79. The highest BCUT2D eigenvalue weighted by Crippen LogP contribution is 2.01. The number of ketones is 1. The molecule has 0 amide bonds. The fraction of sp³-hybridized carbons (Fsp3) is 0.462. The van der Waals surface area contributed by atoms with E-state index < -0.39 is 5.97 Å². The second kappa shape index (κ2) is 7.55. The maximum Gasteiger partial charge on any atom is 0.313 e. The Morgan fingerprint density at radius 1 is 1.44 bits per heavy atom. The van der Waals surface area contributed by atoms with Gasteiger partial charge in [0.05, 0.1) is 13.2 Å². The molecule has 1 aromatic heterocycles. The molecule has 1 rings (SSSR count). The van der Waals surface area contributed by atoms with Gasteiger partial charge in [0.15, 0.2) is 5.78 Å². The van der Waals surface area contributed by atoms with E-state index >= 15 is 0 Å². The van der Waals surface area contributed by atoms with Crippen LogP contribution in [0, 0.1) is 0 Å². The molecule has 0 atom stereocenters. The lowest BCUT2D eigenvalue weighted by Gasteiger charge is -2.15. The first-order valence-electron chi connectivity index (χ1n) is 5.86. The summed E-state index contributed by atoms with van der Waals surface area (Å²) < 4.78 is 4.72. The Kier molecular flexibility index (Phi) is 6.00. The van der Waals surface area contributed by atoms with Crippen molar-refractivity contribution in [3.05, 3.63) is 30.1 Å². The maximum atomic E-state index is 11.6. The molecule has 1 aromatic rings. The number of esters is 1. The molecule has 0 fully saturated rings. The highest BCUT2D eigenvalue weighted by atomic mass is 16.5. The summed E-state index contributed by atoms with van der Waals surface area (Å²) in [5, 5.41) is 0. The summed E-state index contributed by atoms with van der Waals surface area (Å²) in [6.45, 7) is 2.88. The monoisotopic (exact) mass is 250 g/mol. The molecule has 5 nitrogen and oxygen atoms in total. The summed E-state index contributed by atoms with van der Waals surface area (Å²) in [4.78, 5) is 28.5. The van der Waals surface area contributed by atoms with Crippen LogP contribution in [-0.4, -0.2) is 41.8 Å². The first kappa shape index (κ1) is 14.3. The van der Waals surface area contributed by atoms with E-state index in [9.17, 15) is 9.59 Å². The van der Waals surface area contributed by atoms with Crippen LogP contribution in [0.25, 0.3) is 0 Å². The lowest BCUT2D eigenvalue weighted by molar-refractivity contribution is -0.145. The number of rotatable bonds is 7. The van der Waals surface area contributed by atoms with Crippen LogP contribution in [-0.2, 0) is 20.9 Å². The van der Waals surface area contributed by atoms with Gasteiger partial charge in [0.1, 0.15) is 6.42 Å². The molecule has 0 bridgehead atoms. The van der Waals surface area contributed by atoms with E-state index in [0.29, 0.717) is 13.2 Å². The number of nitrogens with zero attached hydrogens (tertiary/aromatic N) is 2. The zero-order valence-corrected chi connectivity index (χ0v) is 10.8. The minimum atomic E-state index is -0.461. The van der Waals surface area contributed by atoms with Crippen LogP contribution in [0.1, 0.15) is 18.9 Å². The molecular formula is C13H18N2O3. The Morgan fingerprint density at radius 2 is 2.22 bits per heavy atom. The summed E-state index contributed by atoms with van der Waals surface area (Å²) in [5.41, 5.74) is 1.03. The second-order valence-electron chi connectivity index (χ2n) is 4.05. The van der Waals surface area contributed by atoms with Gasteiger partial charge in [0, 0.05) is 18.9 Å². The average Bonchev–Trinajstić information content (AvgIpc) is 2.29. The van der Waals surface area contributed by atoms with Gasteiger partial charge >= 0.3 is 5.97 Å². The average molecular weight is 250 g/mol. The first-order valence-corrected chi connectivity index (χ1v) is 5.86. The number of likely N-dealkylation sites (N-methyl/N-ethyl adjacent to an activating group) is 1. The molecule has 1 heterocycles. The molecule has 0 radical (unpaired) electrons. The Hall–Kier alpha value is -1.75. The van der Waals surface area contributed by atoms with Gasteiger partial charge in [-0.1, -0.05) is 6.07 Å². The quantitative estimate of drug-likeness (QED) is 0.534. The molecule has 18 heavy (non-hydrogen) atoms. The van der Waals surface area contributed by atoms with Gasteiger partial charge in [0.2, 0.25) is 0 Å². The molecular weight excluding hydrogens is 232 g/mol. The van der Waals surface area contributed by atoms with Crippen LogP contribution in [0.4, 0.5) is 0 Å². The highest BCUT2D eigenvalue weighted by Gasteiger charge is 2.12. The standard InChI is InChI=1S/C13H18N2O3/c1-3-18-13(17)7-12(16)10-15(2)9-11-5-4-6-14-8-11/h4-6,8H,3,7,9-10H2,1-2H3. The smallest absolute Gasteiger partial charge is 0.313 e. The number of hydrogen-bond donors (Lipinski definition) is 0. The minimum Gasteiger partial charge on any atom is -0.466 e. The Labute approximate surface area is 107 Å². The van der Waals surface area contributed by atoms with Gasteiger partial charge in [0.25, 0.3) is 0 Å². The summed E-state index contributed by atoms with van der Waals surface area (Å²) in [6.07, 6.45) is 3.30. The molecule has 0 unspecified atom stereocenters. The number of pyridine rings is 1. The third kappa shape index (κ3) is 5.54. The van der Waals surface area contributed by atoms with Crippen molar-refractivity contribution in [1.82, 2.24) is 9.88 Å². The molecule has 0 aliphatic heterocycles. The predicted octanol–water partition coefficient (Wildman–Crippen LogP) is 1.04. The fourth-order valence-corrected chi connectivity index (χ4v) is 1.59. The molecule has 0 saturated heterocycles. The van der Waals surface area contributed by atoms with Gasteiger partial charge in [-0.05, 0) is 25.6 Å². The van der Waals surface area contributed by atoms with E-state index in [2.05, 4.69) is 4.98 Å². The van der Waals surface area contributed by atoms with E-state index in [1.807, 2.05) is 24.1 Å². The Bertz CT molecular complexity index is 392. The molecule has 5 heteroatoms. The number of carbonyl (C=O) groups is 2. The zero-order chi connectivity index (χ0) is 13.4. The fourth-order valence-electron chi connectivity index (χ4n) is 1.59. The highest BCUT2D eigenvalue weighted by molar-refractivity contribution is 5.96. The van der Waals surface area contributed by atoms with E-state index in [0.717, 1.165) is 5.56 Å². The minimum absolute atomic E-state index is 0.139. The van der Waals surface area contributed by atoms with Crippen LogP contribution < -0.4 is 0 Å². The molecule has 0 aliphatic carbocycles. The lowest BCUT2D eigenvalue weighted by Crippen LogP contribution is -2.27. The topological polar surface area (TPSA) is 59.5 Å². The predicted molar refractivity (Wildman–Crippen MR) is 66.8 cm³/mol. The van der Waals surface area contributed by atoms with Gasteiger partial charge in [-0.15, -0.1) is 0 Å². The van der Waals surface area contributed by atoms with Crippen molar-refractivity contribution in [1.29, 1.82) is 0 Å². The Balaban J connectivity index is 2.34. The third-order valence-corrected chi connectivity index (χ3v) is 2.27. The first-order chi connectivity index (χ1) is 8.61. The lowest BCUT2D eigenvalue weighted by atomic mass is 10.2. The van der Waals surface area contributed by atoms with Crippen molar-refractivity contribution < 1.29 is 14.3 Å². The van der Waals surface area contributed by atoms with E-state index in [-0.39, 0.29) is 18.7 Å². The summed E-state index contributed by atoms with van der Waals surface area (Å²) in [7, 11) is 1.83. The van der Waals surface area contributed by atoms with Gasteiger partial charge in [-0.2, -0.15) is 0 Å². The van der Waals surface area contributed by atoms with E-state index in [1.165, 1.54) is 0 Å². The molecule has 0 aliphatic rings. The van der Waals surface area contributed by atoms with Crippen LogP contribution in [0.5, 0.6) is 0 Å². The number of Topliss-reactive ketones (excluding diaryl/α,β-unsaturated/α-hetero) is 1. The molecule has 0 aromatic carbocycles. The number of carbonyl (C=O) groups excluding carboxylic acids is 2.